The van der Waals surface area contributed by atoms with Crippen LogP contribution in [0.1, 0.15) is 73.7 Å². The second-order valence-electron chi connectivity index (χ2n) is 12.1. The Morgan fingerprint density at radius 3 is 2.24 bits per heavy atom. The predicted octanol–water partition coefficient (Wildman–Crippen LogP) is 5.09. The fraction of sp³-hybridized carbons (Fsp3) is 0.567. The van der Waals surface area contributed by atoms with E-state index in [1.54, 1.807) is 24.3 Å². The minimum atomic E-state index is -3.55. The fourth-order valence-electron chi connectivity index (χ4n) is 7.44. The standard InChI is InChI=1S/C30H38N2O4S/c33-29(26-5-2-6-27(16-26)36-20-22-3-1-4-22)31-12-11-21-7-9-28(10-8-21)37(34,35)32-30-17-23-13-24(18-30)15-25(14-23)19-30/h2,5-10,16,22-25,32H,1,3-4,11-15,17-20H2,(H,31,33). The van der Waals surface area contributed by atoms with Crippen molar-refractivity contribution in [3.8, 4) is 5.75 Å². The van der Waals surface area contributed by atoms with Gasteiger partial charge in [0.1, 0.15) is 5.75 Å². The summed E-state index contributed by atoms with van der Waals surface area (Å²) in [5.41, 5.74) is 1.34. The summed E-state index contributed by atoms with van der Waals surface area (Å²) in [7, 11) is -3.55. The van der Waals surface area contributed by atoms with Crippen LogP contribution >= 0.6 is 0 Å². The monoisotopic (exact) mass is 522 g/mol. The van der Waals surface area contributed by atoms with E-state index in [1.165, 1.54) is 38.5 Å². The molecular formula is C30H38N2O4S. The van der Waals surface area contributed by atoms with Crippen LogP contribution in [0.25, 0.3) is 0 Å². The average molecular weight is 523 g/mol. The summed E-state index contributed by atoms with van der Waals surface area (Å²) in [6, 6.07) is 14.4. The molecule has 1 amide bonds. The molecule has 5 aliphatic carbocycles. The van der Waals surface area contributed by atoms with E-state index in [9.17, 15) is 13.2 Å². The molecule has 7 rings (SSSR count). The van der Waals surface area contributed by atoms with E-state index in [2.05, 4.69) is 10.0 Å². The van der Waals surface area contributed by atoms with Gasteiger partial charge in [0.05, 0.1) is 11.5 Å². The number of benzene rings is 2. The molecule has 4 bridgehead atoms. The SMILES string of the molecule is O=C(NCCc1ccc(S(=O)(=O)NC23CC4CC(CC(C4)C2)C3)cc1)c1cccc(OCC2CCC2)c1. The average Bonchev–Trinajstić information content (AvgIpc) is 2.82. The Morgan fingerprint density at radius 2 is 1.62 bits per heavy atom. The summed E-state index contributed by atoms with van der Waals surface area (Å²) in [5, 5.41) is 2.97. The number of hydrogen-bond donors (Lipinski definition) is 2. The van der Waals surface area contributed by atoms with Crippen LogP contribution in [0.3, 0.4) is 0 Å². The number of carbonyl (C=O) groups is 1. The quantitative estimate of drug-likeness (QED) is 0.456. The molecule has 6 nitrogen and oxygen atoms in total. The van der Waals surface area contributed by atoms with Crippen LogP contribution in [0.2, 0.25) is 0 Å². The van der Waals surface area contributed by atoms with E-state index in [0.29, 0.717) is 47.1 Å². The van der Waals surface area contributed by atoms with Crippen molar-refractivity contribution >= 4 is 15.9 Å². The van der Waals surface area contributed by atoms with Crippen LogP contribution < -0.4 is 14.8 Å². The summed E-state index contributed by atoms with van der Waals surface area (Å²) < 4.78 is 35.5. The number of ether oxygens (including phenoxy) is 1. The molecule has 0 aromatic heterocycles. The third-order valence-electron chi connectivity index (χ3n) is 9.13. The first-order chi connectivity index (χ1) is 17.9. The van der Waals surface area contributed by atoms with E-state index in [4.69, 9.17) is 4.74 Å². The molecule has 5 saturated carbocycles. The Balaban J connectivity index is 1.01. The number of hydrogen-bond acceptors (Lipinski definition) is 4. The highest BCUT2D eigenvalue weighted by Gasteiger charge is 2.52. The first-order valence-electron chi connectivity index (χ1n) is 14.0. The lowest BCUT2D eigenvalue weighted by Crippen LogP contribution is -2.59. The van der Waals surface area contributed by atoms with Crippen molar-refractivity contribution < 1.29 is 17.9 Å². The normalized spacial score (nSPS) is 28.6. The molecule has 7 heteroatoms. The predicted molar refractivity (Wildman–Crippen MR) is 143 cm³/mol. The number of sulfonamides is 1. The Hall–Kier alpha value is -2.38. The van der Waals surface area contributed by atoms with Crippen LogP contribution in [-0.4, -0.2) is 33.0 Å². The first-order valence-corrected chi connectivity index (χ1v) is 15.5. The van der Waals surface area contributed by atoms with Gasteiger partial charge in [0.15, 0.2) is 0 Å². The van der Waals surface area contributed by atoms with Crippen molar-refractivity contribution in [3.05, 3.63) is 59.7 Å². The second kappa shape index (κ2) is 10.1. The Morgan fingerprint density at radius 1 is 0.946 bits per heavy atom. The molecule has 2 aromatic carbocycles. The summed E-state index contributed by atoms with van der Waals surface area (Å²) in [5.74, 6) is 3.31. The van der Waals surface area contributed by atoms with E-state index in [-0.39, 0.29) is 11.4 Å². The maximum absolute atomic E-state index is 13.2. The zero-order valence-electron chi connectivity index (χ0n) is 21.5. The van der Waals surface area contributed by atoms with Crippen LogP contribution in [0.15, 0.2) is 53.4 Å². The Labute approximate surface area is 220 Å². The van der Waals surface area contributed by atoms with Crippen LogP contribution in [-0.2, 0) is 16.4 Å². The topological polar surface area (TPSA) is 84.5 Å². The van der Waals surface area contributed by atoms with Gasteiger partial charge in [-0.2, -0.15) is 0 Å². The second-order valence-corrected chi connectivity index (χ2v) is 13.8. The number of nitrogens with one attached hydrogen (secondary N) is 2. The molecule has 5 aliphatic rings. The minimum Gasteiger partial charge on any atom is -0.493 e. The smallest absolute Gasteiger partial charge is 0.251 e. The van der Waals surface area contributed by atoms with E-state index >= 15 is 0 Å². The molecule has 0 spiro atoms. The lowest BCUT2D eigenvalue weighted by atomic mass is 9.53. The highest BCUT2D eigenvalue weighted by Crippen LogP contribution is 2.56. The van der Waals surface area contributed by atoms with Crippen molar-refractivity contribution in [2.45, 2.75) is 74.6 Å². The zero-order chi connectivity index (χ0) is 25.5. The van der Waals surface area contributed by atoms with Crippen molar-refractivity contribution in [2.75, 3.05) is 13.2 Å². The summed E-state index contributed by atoms with van der Waals surface area (Å²) in [6.45, 7) is 1.19. The number of carbonyl (C=O) groups excluding carboxylic acids is 1. The maximum atomic E-state index is 13.2. The lowest BCUT2D eigenvalue weighted by Gasteiger charge is -2.56. The van der Waals surface area contributed by atoms with Crippen LogP contribution in [0.5, 0.6) is 5.75 Å². The van der Waals surface area contributed by atoms with Gasteiger partial charge in [-0.3, -0.25) is 4.79 Å². The number of amides is 1. The van der Waals surface area contributed by atoms with E-state index in [0.717, 1.165) is 37.2 Å². The molecule has 37 heavy (non-hydrogen) atoms. The zero-order valence-corrected chi connectivity index (χ0v) is 22.3. The summed E-state index contributed by atoms with van der Waals surface area (Å²) >= 11 is 0. The van der Waals surface area contributed by atoms with Gasteiger partial charge in [-0.25, -0.2) is 13.1 Å². The summed E-state index contributed by atoms with van der Waals surface area (Å²) in [6.07, 6.45) is 11.2. The molecule has 2 N–H and O–H groups in total. The molecule has 0 atom stereocenters. The summed E-state index contributed by atoms with van der Waals surface area (Å²) in [4.78, 5) is 13.0. The van der Waals surface area contributed by atoms with Crippen molar-refractivity contribution in [3.63, 3.8) is 0 Å². The molecule has 198 valence electrons. The molecule has 5 fully saturated rings. The highest BCUT2D eigenvalue weighted by molar-refractivity contribution is 7.89. The Kier molecular flexibility index (Phi) is 6.78. The largest absolute Gasteiger partial charge is 0.493 e. The van der Waals surface area contributed by atoms with Crippen LogP contribution in [0, 0.1) is 23.7 Å². The molecule has 0 heterocycles. The van der Waals surface area contributed by atoms with Crippen molar-refractivity contribution in [2.24, 2.45) is 23.7 Å². The third-order valence-corrected chi connectivity index (χ3v) is 10.7. The van der Waals surface area contributed by atoms with Gasteiger partial charge >= 0.3 is 0 Å². The van der Waals surface area contributed by atoms with E-state index < -0.39 is 10.0 Å². The highest BCUT2D eigenvalue weighted by atomic mass is 32.2. The van der Waals surface area contributed by atoms with Crippen LogP contribution in [0.4, 0.5) is 0 Å². The third kappa shape index (κ3) is 5.58. The van der Waals surface area contributed by atoms with Gasteiger partial charge in [0.25, 0.3) is 5.91 Å². The molecule has 0 aliphatic heterocycles. The van der Waals surface area contributed by atoms with Gasteiger partial charge in [-0.1, -0.05) is 24.6 Å². The fourth-order valence-corrected chi connectivity index (χ4v) is 8.87. The molecular weight excluding hydrogens is 484 g/mol. The minimum absolute atomic E-state index is 0.131. The van der Waals surface area contributed by atoms with Gasteiger partial charge in [0, 0.05) is 17.6 Å². The lowest BCUT2D eigenvalue weighted by molar-refractivity contribution is -0.00810. The number of rotatable bonds is 10. The first kappa shape index (κ1) is 24.9. The van der Waals surface area contributed by atoms with Crippen molar-refractivity contribution in [1.29, 1.82) is 0 Å². The maximum Gasteiger partial charge on any atom is 0.251 e. The Bertz CT molecular complexity index is 1200. The van der Waals surface area contributed by atoms with Gasteiger partial charge in [-0.05, 0) is 117 Å². The van der Waals surface area contributed by atoms with Crippen molar-refractivity contribution in [1.82, 2.24) is 10.0 Å². The van der Waals surface area contributed by atoms with E-state index in [1.807, 2.05) is 24.3 Å². The molecule has 0 unspecified atom stereocenters. The molecule has 0 radical (unpaired) electrons. The van der Waals surface area contributed by atoms with Gasteiger partial charge in [-0.15, -0.1) is 0 Å². The molecule has 0 saturated heterocycles. The van der Waals surface area contributed by atoms with Gasteiger partial charge in [0.2, 0.25) is 10.0 Å². The molecule has 2 aromatic rings. The van der Waals surface area contributed by atoms with Gasteiger partial charge < -0.3 is 10.1 Å².